The molecule has 1 nitrogen and oxygen atoms in total. The minimum atomic E-state index is -4.74. The monoisotopic (exact) mass is 286 g/mol. The van der Waals surface area contributed by atoms with Crippen LogP contribution in [-0.2, 0) is 6.18 Å². The van der Waals surface area contributed by atoms with E-state index in [0.29, 0.717) is 12.1 Å². The average molecular weight is 287 g/mol. The standard InChI is InChI=1S/C9H7BrF4O/c10-4-8(15)5-1-2-7(11)6(3-5)9(12,13)14/h1-3,8,15H,4H2. The first kappa shape index (κ1) is 12.4. The van der Waals surface area contributed by atoms with Crippen LogP contribution in [0.1, 0.15) is 17.2 Å². The zero-order valence-electron chi connectivity index (χ0n) is 7.35. The van der Waals surface area contributed by atoms with Gasteiger partial charge < -0.3 is 5.11 Å². The minimum Gasteiger partial charge on any atom is -0.388 e. The van der Waals surface area contributed by atoms with Gasteiger partial charge in [0.25, 0.3) is 0 Å². The van der Waals surface area contributed by atoms with Gasteiger partial charge in [0.15, 0.2) is 0 Å². The fourth-order valence-corrected chi connectivity index (χ4v) is 1.43. The lowest BCUT2D eigenvalue weighted by atomic mass is 10.1. The zero-order valence-corrected chi connectivity index (χ0v) is 8.94. The van der Waals surface area contributed by atoms with Crippen molar-refractivity contribution in [2.75, 3.05) is 5.33 Å². The molecule has 6 heteroatoms. The minimum absolute atomic E-state index is 0.0283. The van der Waals surface area contributed by atoms with Crippen molar-refractivity contribution in [3.05, 3.63) is 35.1 Å². The van der Waals surface area contributed by atoms with Gasteiger partial charge in [-0.25, -0.2) is 4.39 Å². The van der Waals surface area contributed by atoms with Crippen LogP contribution in [0.3, 0.4) is 0 Å². The van der Waals surface area contributed by atoms with Gasteiger partial charge in [-0.05, 0) is 17.7 Å². The number of benzene rings is 1. The van der Waals surface area contributed by atoms with E-state index in [1.807, 2.05) is 0 Å². The maximum atomic E-state index is 12.8. The van der Waals surface area contributed by atoms with Crippen molar-refractivity contribution < 1.29 is 22.7 Å². The summed E-state index contributed by atoms with van der Waals surface area (Å²) in [4.78, 5) is 0. The zero-order chi connectivity index (χ0) is 11.6. The Morgan fingerprint density at radius 1 is 1.33 bits per heavy atom. The summed E-state index contributed by atoms with van der Waals surface area (Å²) in [5.41, 5.74) is -1.33. The molecule has 1 atom stereocenters. The van der Waals surface area contributed by atoms with Crippen molar-refractivity contribution in [1.82, 2.24) is 0 Å². The molecule has 0 heterocycles. The summed E-state index contributed by atoms with van der Waals surface area (Å²) in [6, 6.07) is 2.43. The van der Waals surface area contributed by atoms with Gasteiger partial charge in [0.1, 0.15) is 5.82 Å². The van der Waals surface area contributed by atoms with Gasteiger partial charge in [-0.2, -0.15) is 13.2 Å². The summed E-state index contributed by atoms with van der Waals surface area (Å²) in [5, 5.41) is 9.37. The van der Waals surface area contributed by atoms with Crippen molar-refractivity contribution in [2.24, 2.45) is 0 Å². The molecule has 15 heavy (non-hydrogen) atoms. The van der Waals surface area contributed by atoms with Gasteiger partial charge in [0.05, 0.1) is 11.7 Å². The maximum Gasteiger partial charge on any atom is 0.419 e. The number of alkyl halides is 4. The third-order valence-corrected chi connectivity index (χ3v) is 2.44. The largest absolute Gasteiger partial charge is 0.419 e. The number of hydrogen-bond donors (Lipinski definition) is 1. The summed E-state index contributed by atoms with van der Waals surface area (Å²) >= 11 is 2.92. The summed E-state index contributed by atoms with van der Waals surface area (Å²) in [6.07, 6.45) is -5.82. The van der Waals surface area contributed by atoms with Crippen LogP contribution >= 0.6 is 15.9 Å². The number of halogens is 5. The van der Waals surface area contributed by atoms with Crippen LogP contribution in [0.2, 0.25) is 0 Å². The number of hydrogen-bond acceptors (Lipinski definition) is 1. The molecular weight excluding hydrogens is 280 g/mol. The summed E-state index contributed by atoms with van der Waals surface area (Å²) in [6.45, 7) is 0. The number of aliphatic hydroxyl groups excluding tert-OH is 1. The van der Waals surface area contributed by atoms with Gasteiger partial charge in [0, 0.05) is 5.33 Å². The molecule has 0 aliphatic carbocycles. The Morgan fingerprint density at radius 2 is 1.93 bits per heavy atom. The summed E-state index contributed by atoms with van der Waals surface area (Å²) < 4.78 is 49.6. The molecule has 0 saturated heterocycles. The lowest BCUT2D eigenvalue weighted by Gasteiger charge is -2.12. The quantitative estimate of drug-likeness (QED) is 0.654. The lowest BCUT2D eigenvalue weighted by Crippen LogP contribution is -2.10. The van der Waals surface area contributed by atoms with Crippen LogP contribution in [0, 0.1) is 5.82 Å². The topological polar surface area (TPSA) is 20.2 Å². The first-order valence-electron chi connectivity index (χ1n) is 3.97. The molecule has 1 N–H and O–H groups in total. The smallest absolute Gasteiger partial charge is 0.388 e. The van der Waals surface area contributed by atoms with Crippen LogP contribution in [0.5, 0.6) is 0 Å². The number of rotatable bonds is 2. The van der Waals surface area contributed by atoms with Crippen LogP contribution in [0.15, 0.2) is 18.2 Å². The molecule has 1 rings (SSSR count). The van der Waals surface area contributed by atoms with Gasteiger partial charge in [-0.15, -0.1) is 0 Å². The Morgan fingerprint density at radius 3 is 2.40 bits per heavy atom. The van der Waals surface area contributed by atoms with E-state index in [0.717, 1.165) is 6.07 Å². The molecule has 0 fully saturated rings. The van der Waals surface area contributed by atoms with Gasteiger partial charge in [-0.3, -0.25) is 0 Å². The summed E-state index contributed by atoms with van der Waals surface area (Å²) in [5.74, 6) is -1.34. The Kier molecular flexibility index (Phi) is 3.72. The molecule has 0 amide bonds. The van der Waals surface area contributed by atoms with Crippen molar-refractivity contribution in [3.63, 3.8) is 0 Å². The van der Waals surface area contributed by atoms with E-state index < -0.39 is 23.7 Å². The SMILES string of the molecule is OC(CBr)c1ccc(F)c(C(F)(F)F)c1. The van der Waals surface area contributed by atoms with Gasteiger partial charge >= 0.3 is 6.18 Å². The van der Waals surface area contributed by atoms with Gasteiger partial charge in [-0.1, -0.05) is 22.0 Å². The van der Waals surface area contributed by atoms with E-state index in [2.05, 4.69) is 15.9 Å². The maximum absolute atomic E-state index is 12.8. The molecule has 0 aliphatic rings. The molecular formula is C9H7BrF4O. The van der Waals surface area contributed by atoms with E-state index in [1.54, 1.807) is 0 Å². The highest BCUT2D eigenvalue weighted by Crippen LogP contribution is 2.33. The van der Waals surface area contributed by atoms with Crippen molar-refractivity contribution in [1.29, 1.82) is 0 Å². The number of aliphatic hydroxyl groups is 1. The van der Waals surface area contributed by atoms with Crippen LogP contribution in [0.25, 0.3) is 0 Å². The third-order valence-electron chi connectivity index (χ3n) is 1.83. The second-order valence-corrected chi connectivity index (χ2v) is 3.55. The third kappa shape index (κ3) is 2.92. The van der Waals surface area contributed by atoms with E-state index in [1.165, 1.54) is 0 Å². The molecule has 1 aromatic carbocycles. The van der Waals surface area contributed by atoms with E-state index in [4.69, 9.17) is 0 Å². The highest BCUT2D eigenvalue weighted by Gasteiger charge is 2.34. The Bertz CT molecular complexity index is 350. The second kappa shape index (κ2) is 4.49. The molecule has 0 bridgehead atoms. The van der Waals surface area contributed by atoms with Crippen LogP contribution < -0.4 is 0 Å². The predicted molar refractivity (Wildman–Crippen MR) is 50.2 cm³/mol. The molecule has 1 unspecified atom stereocenters. The highest BCUT2D eigenvalue weighted by molar-refractivity contribution is 9.09. The first-order valence-corrected chi connectivity index (χ1v) is 5.09. The molecule has 0 spiro atoms. The fourth-order valence-electron chi connectivity index (χ4n) is 1.06. The lowest BCUT2D eigenvalue weighted by molar-refractivity contribution is -0.140. The molecule has 0 aliphatic heterocycles. The normalized spacial score (nSPS) is 14.0. The fraction of sp³-hybridized carbons (Fsp3) is 0.333. The second-order valence-electron chi connectivity index (χ2n) is 2.91. The molecule has 1 aromatic rings. The summed E-state index contributed by atoms with van der Waals surface area (Å²) in [7, 11) is 0. The van der Waals surface area contributed by atoms with E-state index in [9.17, 15) is 22.7 Å². The van der Waals surface area contributed by atoms with Crippen molar-refractivity contribution in [3.8, 4) is 0 Å². The van der Waals surface area contributed by atoms with Crippen LogP contribution in [-0.4, -0.2) is 10.4 Å². The Balaban J connectivity index is 3.17. The Labute approximate surface area is 91.9 Å². The van der Waals surface area contributed by atoms with Crippen molar-refractivity contribution in [2.45, 2.75) is 12.3 Å². The van der Waals surface area contributed by atoms with Gasteiger partial charge in [0.2, 0.25) is 0 Å². The van der Waals surface area contributed by atoms with Crippen LogP contribution in [0.4, 0.5) is 17.6 Å². The highest BCUT2D eigenvalue weighted by atomic mass is 79.9. The molecule has 84 valence electrons. The Hall–Kier alpha value is -0.620. The van der Waals surface area contributed by atoms with Crippen molar-refractivity contribution >= 4 is 15.9 Å². The predicted octanol–water partition coefficient (Wildman–Crippen LogP) is 3.27. The molecule has 0 radical (unpaired) electrons. The van der Waals surface area contributed by atoms with E-state index in [-0.39, 0.29) is 10.9 Å². The van der Waals surface area contributed by atoms with E-state index >= 15 is 0 Å². The average Bonchev–Trinajstić information content (AvgIpc) is 2.15. The first-order chi connectivity index (χ1) is 6.86. The molecule has 0 saturated carbocycles. The molecule has 0 aromatic heterocycles.